The van der Waals surface area contributed by atoms with Crippen molar-refractivity contribution in [2.24, 2.45) is 5.41 Å². The van der Waals surface area contributed by atoms with Crippen LogP contribution in [-0.4, -0.2) is 24.7 Å². The van der Waals surface area contributed by atoms with Gasteiger partial charge in [-0.2, -0.15) is 11.8 Å². The molecule has 2 heteroatoms. The first-order valence-corrected chi connectivity index (χ1v) is 4.58. The second kappa shape index (κ2) is 2.93. The lowest BCUT2D eigenvalue weighted by Crippen LogP contribution is -2.41. The van der Waals surface area contributed by atoms with E-state index in [1.807, 2.05) is 11.8 Å². The quantitative estimate of drug-likeness (QED) is 0.600. The van der Waals surface area contributed by atoms with E-state index in [1.165, 1.54) is 11.5 Å². The third-order valence-corrected chi connectivity index (χ3v) is 2.86. The molecular weight excluding hydrogens is 132 g/mol. The lowest BCUT2D eigenvalue weighted by Gasteiger charge is -2.37. The van der Waals surface area contributed by atoms with Crippen molar-refractivity contribution in [2.75, 3.05) is 24.7 Å². The lowest BCUT2D eigenvalue weighted by molar-refractivity contribution is -0.0861. The Kier molecular flexibility index (Phi) is 2.42. The fourth-order valence-electron chi connectivity index (χ4n) is 0.882. The maximum absolute atomic E-state index is 5.12. The van der Waals surface area contributed by atoms with Gasteiger partial charge < -0.3 is 4.74 Å². The maximum atomic E-state index is 5.12. The Morgan fingerprint density at radius 2 is 2.22 bits per heavy atom. The molecule has 0 aliphatic carbocycles. The molecule has 1 aliphatic rings. The zero-order chi connectivity index (χ0) is 6.74. The van der Waals surface area contributed by atoms with E-state index in [0.29, 0.717) is 5.41 Å². The topological polar surface area (TPSA) is 9.23 Å². The summed E-state index contributed by atoms with van der Waals surface area (Å²) in [5.74, 6) is 2.50. The van der Waals surface area contributed by atoms with Crippen molar-refractivity contribution in [1.29, 1.82) is 0 Å². The number of hydrogen-bond donors (Lipinski definition) is 0. The van der Waals surface area contributed by atoms with Crippen LogP contribution in [0.3, 0.4) is 0 Å². The van der Waals surface area contributed by atoms with Crippen LogP contribution >= 0.6 is 11.8 Å². The van der Waals surface area contributed by atoms with Crippen molar-refractivity contribution in [3.8, 4) is 0 Å². The summed E-state index contributed by atoms with van der Waals surface area (Å²) >= 11 is 2.01. The monoisotopic (exact) mass is 146 g/mol. The largest absolute Gasteiger partial charge is 0.380 e. The predicted octanol–water partition coefficient (Wildman–Crippen LogP) is 1.78. The number of hydrogen-bond acceptors (Lipinski definition) is 2. The highest BCUT2D eigenvalue weighted by Gasteiger charge is 2.32. The van der Waals surface area contributed by atoms with Crippen LogP contribution in [0, 0.1) is 5.41 Å². The summed E-state index contributed by atoms with van der Waals surface area (Å²) in [5, 5.41) is 0. The van der Waals surface area contributed by atoms with Crippen molar-refractivity contribution < 1.29 is 4.74 Å². The molecule has 0 amide bonds. The second-order valence-electron chi connectivity index (χ2n) is 2.94. The van der Waals surface area contributed by atoms with E-state index in [-0.39, 0.29) is 0 Å². The van der Waals surface area contributed by atoms with Gasteiger partial charge in [0.15, 0.2) is 0 Å². The molecule has 1 saturated heterocycles. The van der Waals surface area contributed by atoms with Crippen molar-refractivity contribution in [3.63, 3.8) is 0 Å². The Bertz CT molecular complexity index is 88.9. The molecule has 0 saturated carbocycles. The standard InChI is InChI=1S/C7H14OS/c1-3-9-6-7(2)4-8-5-7/h3-6H2,1-2H3. The zero-order valence-corrected chi connectivity index (χ0v) is 6.96. The second-order valence-corrected chi connectivity index (χ2v) is 4.21. The third-order valence-electron chi connectivity index (χ3n) is 1.56. The van der Waals surface area contributed by atoms with Gasteiger partial charge in [-0.25, -0.2) is 0 Å². The average Bonchev–Trinajstić information content (AvgIpc) is 1.79. The average molecular weight is 146 g/mol. The summed E-state index contributed by atoms with van der Waals surface area (Å²) in [6.45, 7) is 6.44. The van der Waals surface area contributed by atoms with E-state index >= 15 is 0 Å². The van der Waals surface area contributed by atoms with Gasteiger partial charge in [0.1, 0.15) is 0 Å². The summed E-state index contributed by atoms with van der Waals surface area (Å²) in [4.78, 5) is 0. The van der Waals surface area contributed by atoms with Gasteiger partial charge in [0, 0.05) is 11.2 Å². The molecule has 0 aromatic carbocycles. The summed E-state index contributed by atoms with van der Waals surface area (Å²) in [7, 11) is 0. The van der Waals surface area contributed by atoms with Gasteiger partial charge in [0.2, 0.25) is 0 Å². The molecule has 9 heavy (non-hydrogen) atoms. The molecule has 1 aliphatic heterocycles. The molecule has 0 spiro atoms. The third kappa shape index (κ3) is 1.87. The van der Waals surface area contributed by atoms with E-state index in [1.54, 1.807) is 0 Å². The van der Waals surface area contributed by atoms with Crippen LogP contribution in [0.2, 0.25) is 0 Å². The van der Waals surface area contributed by atoms with Gasteiger partial charge in [-0.1, -0.05) is 13.8 Å². The molecule has 1 nitrogen and oxygen atoms in total. The van der Waals surface area contributed by atoms with Crippen LogP contribution in [0.5, 0.6) is 0 Å². The first-order valence-electron chi connectivity index (χ1n) is 3.42. The maximum Gasteiger partial charge on any atom is 0.0550 e. The van der Waals surface area contributed by atoms with Crippen LogP contribution in [0.15, 0.2) is 0 Å². The normalized spacial score (nSPS) is 23.3. The Labute approximate surface area is 61.2 Å². The van der Waals surface area contributed by atoms with Crippen LogP contribution < -0.4 is 0 Å². The zero-order valence-electron chi connectivity index (χ0n) is 6.14. The molecule has 1 fully saturated rings. The van der Waals surface area contributed by atoms with E-state index in [2.05, 4.69) is 13.8 Å². The van der Waals surface area contributed by atoms with Crippen molar-refractivity contribution in [1.82, 2.24) is 0 Å². The summed E-state index contributed by atoms with van der Waals surface area (Å²) in [5.41, 5.74) is 0.515. The van der Waals surface area contributed by atoms with Crippen LogP contribution in [0.25, 0.3) is 0 Å². The first-order chi connectivity index (χ1) is 4.27. The van der Waals surface area contributed by atoms with E-state index < -0.39 is 0 Å². The molecule has 0 N–H and O–H groups in total. The SMILES string of the molecule is CCSCC1(C)COC1. The molecule has 0 bridgehead atoms. The van der Waals surface area contributed by atoms with Crippen molar-refractivity contribution in [3.05, 3.63) is 0 Å². The van der Waals surface area contributed by atoms with E-state index in [9.17, 15) is 0 Å². The summed E-state index contributed by atoms with van der Waals surface area (Å²) < 4.78 is 5.12. The van der Waals surface area contributed by atoms with Gasteiger partial charge in [0.25, 0.3) is 0 Å². The van der Waals surface area contributed by atoms with Gasteiger partial charge in [-0.15, -0.1) is 0 Å². The minimum atomic E-state index is 0.515. The minimum Gasteiger partial charge on any atom is -0.380 e. The van der Waals surface area contributed by atoms with Gasteiger partial charge in [0.05, 0.1) is 13.2 Å². The number of rotatable bonds is 3. The van der Waals surface area contributed by atoms with Crippen molar-refractivity contribution >= 4 is 11.8 Å². The first kappa shape index (κ1) is 7.42. The molecule has 0 unspecified atom stereocenters. The molecule has 0 aromatic rings. The molecule has 0 radical (unpaired) electrons. The highest BCUT2D eigenvalue weighted by molar-refractivity contribution is 7.99. The highest BCUT2D eigenvalue weighted by Crippen LogP contribution is 2.30. The molecule has 54 valence electrons. The molecular formula is C7H14OS. The number of ether oxygens (including phenoxy) is 1. The molecule has 0 atom stereocenters. The van der Waals surface area contributed by atoms with Gasteiger partial charge in [-0.3, -0.25) is 0 Å². The molecule has 0 aromatic heterocycles. The highest BCUT2D eigenvalue weighted by atomic mass is 32.2. The minimum absolute atomic E-state index is 0.515. The molecule has 1 rings (SSSR count). The van der Waals surface area contributed by atoms with Crippen LogP contribution in [-0.2, 0) is 4.74 Å². The fraction of sp³-hybridized carbons (Fsp3) is 1.00. The van der Waals surface area contributed by atoms with E-state index in [4.69, 9.17) is 4.74 Å². The smallest absolute Gasteiger partial charge is 0.0550 e. The Morgan fingerprint density at radius 3 is 2.56 bits per heavy atom. The number of thioether (sulfide) groups is 1. The van der Waals surface area contributed by atoms with E-state index in [0.717, 1.165) is 13.2 Å². The van der Waals surface area contributed by atoms with Gasteiger partial charge >= 0.3 is 0 Å². The Balaban J connectivity index is 2.09. The Hall–Kier alpha value is 0.310. The predicted molar refractivity (Wildman–Crippen MR) is 41.9 cm³/mol. The van der Waals surface area contributed by atoms with Crippen LogP contribution in [0.1, 0.15) is 13.8 Å². The van der Waals surface area contributed by atoms with Crippen molar-refractivity contribution in [2.45, 2.75) is 13.8 Å². The Morgan fingerprint density at radius 1 is 1.56 bits per heavy atom. The summed E-state index contributed by atoms with van der Waals surface area (Å²) in [6.07, 6.45) is 0. The summed E-state index contributed by atoms with van der Waals surface area (Å²) in [6, 6.07) is 0. The molecule has 1 heterocycles. The fourth-order valence-corrected chi connectivity index (χ4v) is 1.75. The van der Waals surface area contributed by atoms with Crippen LogP contribution in [0.4, 0.5) is 0 Å². The van der Waals surface area contributed by atoms with Gasteiger partial charge in [-0.05, 0) is 5.75 Å². The lowest BCUT2D eigenvalue weighted by atomic mass is 9.92.